The lowest BCUT2D eigenvalue weighted by atomic mass is 9.95. The second-order valence-corrected chi connectivity index (χ2v) is 9.45. The number of ether oxygens (including phenoxy) is 2. The Morgan fingerprint density at radius 2 is 1.85 bits per heavy atom. The number of aliphatic hydroxyl groups excluding tert-OH is 1. The van der Waals surface area contributed by atoms with Gasteiger partial charge in [-0.15, -0.1) is 0 Å². The number of aliphatic hydroxyl groups is 1. The minimum absolute atomic E-state index is 0.0624. The van der Waals surface area contributed by atoms with Gasteiger partial charge in [0.05, 0.1) is 37.8 Å². The number of carbonyl (C=O) groups excluding carboxylic acids is 1. The van der Waals surface area contributed by atoms with Gasteiger partial charge in [0.2, 0.25) is 0 Å². The first kappa shape index (κ1) is 27.9. The fourth-order valence-electron chi connectivity index (χ4n) is 4.22. The van der Waals surface area contributed by atoms with Crippen LogP contribution < -0.4 is 10.5 Å². The molecule has 0 bridgehead atoms. The maximum atomic E-state index is 13.5. The molecule has 1 amide bonds. The Balaban J connectivity index is 1.56. The molecule has 0 spiro atoms. The molecule has 0 saturated carbocycles. The van der Waals surface area contributed by atoms with Gasteiger partial charge in [-0.2, -0.15) is 0 Å². The number of hydrogen-bond acceptors (Lipinski definition) is 8. The van der Waals surface area contributed by atoms with Crippen LogP contribution in [-0.4, -0.2) is 71.0 Å². The highest BCUT2D eigenvalue weighted by atomic mass is 16.5. The van der Waals surface area contributed by atoms with Crippen molar-refractivity contribution in [3.63, 3.8) is 0 Å². The highest BCUT2D eigenvalue weighted by molar-refractivity contribution is 6.58. The molecule has 9 nitrogen and oxygen atoms in total. The van der Waals surface area contributed by atoms with Gasteiger partial charge in [-0.1, -0.05) is 50.2 Å². The van der Waals surface area contributed by atoms with Gasteiger partial charge in [0.15, 0.2) is 0 Å². The topological polar surface area (TPSA) is 123 Å². The number of aliphatic imine (C=N–C) groups is 1. The summed E-state index contributed by atoms with van der Waals surface area (Å²) in [7, 11) is 0. The summed E-state index contributed by atoms with van der Waals surface area (Å²) in [5.41, 5.74) is 11.3. The van der Waals surface area contributed by atoms with Gasteiger partial charge in [0.25, 0.3) is 5.91 Å². The Morgan fingerprint density at radius 1 is 1.08 bits per heavy atom. The summed E-state index contributed by atoms with van der Waals surface area (Å²) in [5.74, 6) is 0.953. The fourth-order valence-corrected chi connectivity index (χ4v) is 4.22. The van der Waals surface area contributed by atoms with Crippen LogP contribution in [0.1, 0.15) is 42.1 Å². The fraction of sp³-hybridized carbons (Fsp3) is 0.333. The molecule has 4 rings (SSSR count). The van der Waals surface area contributed by atoms with E-state index in [-0.39, 0.29) is 24.8 Å². The Labute approximate surface area is 229 Å². The van der Waals surface area contributed by atoms with Crippen molar-refractivity contribution < 1.29 is 19.4 Å². The number of aromatic nitrogens is 2. The molecule has 204 valence electrons. The lowest BCUT2D eigenvalue weighted by molar-refractivity contribution is -0.125. The number of nitrogens with zero attached hydrogens (tertiary/aromatic N) is 4. The van der Waals surface area contributed by atoms with Gasteiger partial charge >= 0.3 is 0 Å². The standard InChI is InChI=1S/C30H35N5O4/c1-21(2)23-5-3-22(4-6-23)19-39-25-9-7-24(8-10-25)27(28(31)26-11-12-32-20-34-26)29-30(37)35(14-13-33-29)15-17-38-18-16-36/h3-12,20-21,36H,13-19,31H2,1-2H3. The van der Waals surface area contributed by atoms with E-state index in [0.29, 0.717) is 61.5 Å². The van der Waals surface area contributed by atoms with Crippen LogP contribution in [0.15, 0.2) is 72.1 Å². The Kier molecular flexibility index (Phi) is 9.77. The molecule has 2 aromatic carbocycles. The first-order valence-corrected chi connectivity index (χ1v) is 13.1. The van der Waals surface area contributed by atoms with Crippen LogP contribution in [0.4, 0.5) is 0 Å². The molecule has 0 saturated heterocycles. The van der Waals surface area contributed by atoms with E-state index < -0.39 is 0 Å². The Morgan fingerprint density at radius 3 is 2.51 bits per heavy atom. The second-order valence-electron chi connectivity index (χ2n) is 9.45. The smallest absolute Gasteiger partial charge is 0.272 e. The van der Waals surface area contributed by atoms with E-state index in [4.69, 9.17) is 20.3 Å². The molecule has 1 aliphatic rings. The van der Waals surface area contributed by atoms with E-state index in [9.17, 15) is 4.79 Å². The highest BCUT2D eigenvalue weighted by Gasteiger charge is 2.29. The molecule has 1 aromatic heterocycles. The minimum Gasteiger partial charge on any atom is -0.489 e. The number of rotatable bonds is 12. The van der Waals surface area contributed by atoms with Crippen LogP contribution in [0.5, 0.6) is 5.75 Å². The van der Waals surface area contributed by atoms with Crippen LogP contribution in [-0.2, 0) is 16.1 Å². The molecule has 0 unspecified atom stereocenters. The third-order valence-electron chi connectivity index (χ3n) is 6.43. The zero-order chi connectivity index (χ0) is 27.6. The van der Waals surface area contributed by atoms with E-state index >= 15 is 0 Å². The summed E-state index contributed by atoms with van der Waals surface area (Å²) in [6.07, 6.45) is 3.02. The van der Waals surface area contributed by atoms with E-state index in [1.165, 1.54) is 11.9 Å². The van der Waals surface area contributed by atoms with Crippen LogP contribution in [0, 0.1) is 0 Å². The third kappa shape index (κ3) is 7.28. The van der Waals surface area contributed by atoms with E-state index in [2.05, 4.69) is 53.1 Å². The molecule has 3 aromatic rings. The zero-order valence-corrected chi connectivity index (χ0v) is 22.4. The highest BCUT2D eigenvalue weighted by Crippen LogP contribution is 2.28. The average Bonchev–Trinajstić information content (AvgIpc) is 2.97. The summed E-state index contributed by atoms with van der Waals surface area (Å²) in [6.45, 7) is 6.60. The summed E-state index contributed by atoms with van der Waals surface area (Å²) >= 11 is 0. The molecule has 0 aliphatic carbocycles. The van der Waals surface area contributed by atoms with E-state index in [1.807, 2.05) is 24.3 Å². The number of hydrogen-bond donors (Lipinski definition) is 2. The summed E-state index contributed by atoms with van der Waals surface area (Å²) in [5, 5.41) is 8.94. The minimum atomic E-state index is -0.231. The van der Waals surface area contributed by atoms with Crippen molar-refractivity contribution in [3.05, 3.63) is 89.5 Å². The van der Waals surface area contributed by atoms with Crippen molar-refractivity contribution in [2.24, 2.45) is 10.7 Å². The molecule has 3 N–H and O–H groups in total. The molecule has 1 aliphatic heterocycles. The van der Waals surface area contributed by atoms with Crippen molar-refractivity contribution >= 4 is 22.9 Å². The van der Waals surface area contributed by atoms with Gasteiger partial charge in [0.1, 0.15) is 24.4 Å². The van der Waals surface area contributed by atoms with Gasteiger partial charge in [-0.3, -0.25) is 9.79 Å². The molecular weight excluding hydrogens is 494 g/mol. The quantitative estimate of drug-likeness (QED) is 0.345. The monoisotopic (exact) mass is 529 g/mol. The first-order chi connectivity index (χ1) is 19.0. The lowest BCUT2D eigenvalue weighted by Gasteiger charge is -2.28. The molecule has 0 radical (unpaired) electrons. The number of nitrogens with two attached hydrogens (primary N) is 1. The van der Waals surface area contributed by atoms with Crippen molar-refractivity contribution in [3.8, 4) is 5.75 Å². The molecule has 0 atom stereocenters. The number of benzene rings is 2. The second kappa shape index (κ2) is 13.6. The van der Waals surface area contributed by atoms with Gasteiger partial charge in [-0.05, 0) is 40.8 Å². The number of amides is 1. The predicted octanol–water partition coefficient (Wildman–Crippen LogP) is 3.30. The largest absolute Gasteiger partial charge is 0.489 e. The maximum Gasteiger partial charge on any atom is 0.272 e. The Hall–Kier alpha value is -4.08. The van der Waals surface area contributed by atoms with Crippen LogP contribution in [0.3, 0.4) is 0 Å². The molecule has 0 fully saturated rings. The lowest BCUT2D eigenvalue weighted by Crippen LogP contribution is -2.44. The van der Waals surface area contributed by atoms with Crippen molar-refractivity contribution in [2.75, 3.05) is 39.5 Å². The number of carbonyl (C=O) groups is 1. The van der Waals surface area contributed by atoms with Gasteiger partial charge in [-0.25, -0.2) is 9.97 Å². The van der Waals surface area contributed by atoms with Crippen LogP contribution >= 0.6 is 0 Å². The Bertz CT molecular complexity index is 1290. The predicted molar refractivity (Wildman–Crippen MR) is 151 cm³/mol. The molecule has 39 heavy (non-hydrogen) atoms. The maximum absolute atomic E-state index is 13.5. The van der Waals surface area contributed by atoms with Crippen LogP contribution in [0.2, 0.25) is 0 Å². The van der Waals surface area contributed by atoms with Gasteiger partial charge < -0.3 is 25.2 Å². The van der Waals surface area contributed by atoms with Crippen molar-refractivity contribution in [1.82, 2.24) is 14.9 Å². The summed E-state index contributed by atoms with van der Waals surface area (Å²) in [6, 6.07) is 17.6. The van der Waals surface area contributed by atoms with Crippen molar-refractivity contribution in [2.45, 2.75) is 26.4 Å². The summed E-state index contributed by atoms with van der Waals surface area (Å²) in [4.78, 5) is 28.0. The third-order valence-corrected chi connectivity index (χ3v) is 6.43. The molecule has 2 heterocycles. The average molecular weight is 530 g/mol. The normalized spacial score (nSPS) is 14.3. The van der Waals surface area contributed by atoms with E-state index in [0.717, 1.165) is 11.1 Å². The zero-order valence-electron chi connectivity index (χ0n) is 22.4. The van der Waals surface area contributed by atoms with Crippen LogP contribution in [0.25, 0.3) is 11.3 Å². The van der Waals surface area contributed by atoms with E-state index in [1.54, 1.807) is 17.2 Å². The summed E-state index contributed by atoms with van der Waals surface area (Å²) < 4.78 is 11.4. The first-order valence-electron chi connectivity index (χ1n) is 13.1. The molecular formula is C30H35N5O4. The SMILES string of the molecule is CC(C)c1ccc(COc2ccc(C(C3=NCCN(CCOCCO)C3=O)=C(N)c3ccncn3)cc2)cc1. The van der Waals surface area contributed by atoms with Gasteiger partial charge in [0, 0.05) is 24.9 Å². The van der Waals surface area contributed by atoms with Crippen molar-refractivity contribution in [1.29, 1.82) is 0 Å². The molecule has 9 heteroatoms.